The summed E-state index contributed by atoms with van der Waals surface area (Å²) < 4.78 is 1.68. The van der Waals surface area contributed by atoms with Crippen molar-refractivity contribution in [3.8, 4) is 0 Å². The van der Waals surface area contributed by atoms with Crippen molar-refractivity contribution in [2.24, 2.45) is 0 Å². The fraction of sp³-hybridized carbons (Fsp3) is 0.250. The monoisotopic (exact) mass is 247 g/mol. The molecular weight excluding hydrogens is 234 g/mol. The van der Waals surface area contributed by atoms with Crippen LogP contribution < -0.4 is 5.32 Å². The average Bonchev–Trinajstić information content (AvgIpc) is 2.72. The van der Waals surface area contributed by atoms with Crippen LogP contribution in [0.2, 0.25) is 0 Å². The first kappa shape index (κ1) is 12.1. The van der Waals surface area contributed by atoms with Crippen LogP contribution in [0.25, 0.3) is 11.0 Å². The Hall–Kier alpha value is -2.37. The highest BCUT2D eigenvalue weighted by molar-refractivity contribution is 5.84. The van der Waals surface area contributed by atoms with Gasteiger partial charge in [0.1, 0.15) is 12.6 Å². The molecular formula is C12H13N3O3. The van der Waals surface area contributed by atoms with Gasteiger partial charge in [0, 0.05) is 0 Å². The number of benzene rings is 1. The molecule has 0 unspecified atom stereocenters. The number of rotatable bonds is 4. The molecule has 0 saturated carbocycles. The van der Waals surface area contributed by atoms with Crippen LogP contribution >= 0.6 is 0 Å². The number of aromatic nitrogens is 2. The molecule has 0 saturated heterocycles. The molecule has 0 aliphatic heterocycles. The second kappa shape index (κ2) is 4.87. The van der Waals surface area contributed by atoms with Crippen molar-refractivity contribution in [1.29, 1.82) is 0 Å². The van der Waals surface area contributed by atoms with E-state index in [0.29, 0.717) is 0 Å². The maximum atomic E-state index is 11.6. The van der Waals surface area contributed by atoms with Crippen LogP contribution in [0.5, 0.6) is 0 Å². The van der Waals surface area contributed by atoms with Gasteiger partial charge in [-0.1, -0.05) is 12.1 Å². The van der Waals surface area contributed by atoms with Crippen LogP contribution in [0.3, 0.4) is 0 Å². The molecule has 0 radical (unpaired) electrons. The molecule has 0 bridgehead atoms. The first-order chi connectivity index (χ1) is 8.58. The first-order valence-electron chi connectivity index (χ1n) is 5.50. The number of amides is 1. The number of fused-ring (bicyclic) bond motifs is 1. The van der Waals surface area contributed by atoms with E-state index < -0.39 is 12.0 Å². The molecule has 2 N–H and O–H groups in total. The van der Waals surface area contributed by atoms with E-state index in [2.05, 4.69) is 10.3 Å². The van der Waals surface area contributed by atoms with Crippen molar-refractivity contribution in [3.63, 3.8) is 0 Å². The van der Waals surface area contributed by atoms with Gasteiger partial charge in [0.25, 0.3) is 0 Å². The van der Waals surface area contributed by atoms with Gasteiger partial charge in [0.05, 0.1) is 17.4 Å². The quantitative estimate of drug-likeness (QED) is 0.829. The number of nitrogens with zero attached hydrogens (tertiary/aromatic N) is 2. The second-order valence-corrected chi connectivity index (χ2v) is 3.99. The molecule has 1 aromatic heterocycles. The molecule has 2 rings (SSSR count). The Morgan fingerprint density at radius 3 is 2.89 bits per heavy atom. The SMILES string of the molecule is C[C@@H](NC(=O)Cn1cnc2ccccc21)C(=O)O. The Kier molecular flexibility index (Phi) is 3.27. The van der Waals surface area contributed by atoms with Crippen molar-refractivity contribution in [1.82, 2.24) is 14.9 Å². The summed E-state index contributed by atoms with van der Waals surface area (Å²) in [5.74, 6) is -1.41. The minimum Gasteiger partial charge on any atom is -0.480 e. The lowest BCUT2D eigenvalue weighted by atomic mass is 10.3. The largest absolute Gasteiger partial charge is 0.480 e. The van der Waals surface area contributed by atoms with E-state index in [0.717, 1.165) is 11.0 Å². The summed E-state index contributed by atoms with van der Waals surface area (Å²) in [5, 5.41) is 11.1. The number of para-hydroxylation sites is 2. The molecule has 0 fully saturated rings. The third-order valence-corrected chi connectivity index (χ3v) is 2.59. The van der Waals surface area contributed by atoms with Gasteiger partial charge in [0.15, 0.2) is 0 Å². The number of nitrogens with one attached hydrogen (secondary N) is 1. The van der Waals surface area contributed by atoms with Crippen molar-refractivity contribution in [2.75, 3.05) is 0 Å². The van der Waals surface area contributed by atoms with Crippen LogP contribution in [0.15, 0.2) is 30.6 Å². The standard InChI is InChI=1S/C12H13N3O3/c1-8(12(17)18)14-11(16)6-15-7-13-9-4-2-3-5-10(9)15/h2-5,7-8H,6H2,1H3,(H,14,16)(H,17,18)/t8-/m1/s1. The fourth-order valence-corrected chi connectivity index (χ4v) is 1.64. The molecule has 0 aliphatic carbocycles. The van der Waals surface area contributed by atoms with Crippen LogP contribution in [0, 0.1) is 0 Å². The maximum absolute atomic E-state index is 11.6. The van der Waals surface area contributed by atoms with Crippen LogP contribution in [0.1, 0.15) is 6.92 Å². The highest BCUT2D eigenvalue weighted by atomic mass is 16.4. The van der Waals surface area contributed by atoms with Crippen LogP contribution in [-0.4, -0.2) is 32.6 Å². The third-order valence-electron chi connectivity index (χ3n) is 2.59. The number of carbonyl (C=O) groups is 2. The normalized spacial score (nSPS) is 12.3. The summed E-state index contributed by atoms with van der Waals surface area (Å²) in [7, 11) is 0. The van der Waals surface area contributed by atoms with Crippen LogP contribution in [-0.2, 0) is 16.1 Å². The minimum absolute atomic E-state index is 0.0537. The summed E-state index contributed by atoms with van der Waals surface area (Å²) >= 11 is 0. The van der Waals surface area contributed by atoms with E-state index in [9.17, 15) is 9.59 Å². The number of hydrogen-bond acceptors (Lipinski definition) is 3. The molecule has 6 nitrogen and oxygen atoms in total. The molecule has 1 heterocycles. The molecule has 6 heteroatoms. The van der Waals surface area contributed by atoms with E-state index in [1.807, 2.05) is 24.3 Å². The number of carboxylic acids is 1. The zero-order valence-corrected chi connectivity index (χ0v) is 9.83. The van der Waals surface area contributed by atoms with E-state index in [4.69, 9.17) is 5.11 Å². The lowest BCUT2D eigenvalue weighted by Crippen LogP contribution is -2.39. The zero-order valence-electron chi connectivity index (χ0n) is 9.83. The molecule has 2 aromatic rings. The molecule has 94 valence electrons. The van der Waals surface area contributed by atoms with Crippen LogP contribution in [0.4, 0.5) is 0 Å². The average molecular weight is 247 g/mol. The Morgan fingerprint density at radius 1 is 1.44 bits per heavy atom. The second-order valence-electron chi connectivity index (χ2n) is 3.99. The fourth-order valence-electron chi connectivity index (χ4n) is 1.64. The minimum atomic E-state index is -1.06. The van der Waals surface area contributed by atoms with Gasteiger partial charge >= 0.3 is 5.97 Å². The highest BCUT2D eigenvalue weighted by Crippen LogP contribution is 2.11. The molecule has 0 spiro atoms. The highest BCUT2D eigenvalue weighted by Gasteiger charge is 2.14. The Morgan fingerprint density at radius 2 is 2.17 bits per heavy atom. The summed E-state index contributed by atoms with van der Waals surface area (Å²) in [6.45, 7) is 1.48. The van der Waals surface area contributed by atoms with Gasteiger partial charge < -0.3 is 15.0 Å². The van der Waals surface area contributed by atoms with Gasteiger partial charge in [-0.25, -0.2) is 4.98 Å². The first-order valence-corrected chi connectivity index (χ1v) is 5.50. The topological polar surface area (TPSA) is 84.2 Å². The lowest BCUT2D eigenvalue weighted by molar-refractivity contribution is -0.141. The Labute approximate surface area is 103 Å². The predicted molar refractivity (Wildman–Crippen MR) is 65.0 cm³/mol. The Balaban J connectivity index is 2.10. The van der Waals surface area contributed by atoms with Gasteiger partial charge in [-0.05, 0) is 19.1 Å². The number of carbonyl (C=O) groups excluding carboxylic acids is 1. The van der Waals surface area contributed by atoms with Gasteiger partial charge in [-0.2, -0.15) is 0 Å². The summed E-state index contributed by atoms with van der Waals surface area (Å²) in [6, 6.07) is 6.54. The summed E-state index contributed by atoms with van der Waals surface area (Å²) in [5.41, 5.74) is 1.65. The van der Waals surface area contributed by atoms with E-state index >= 15 is 0 Å². The Bertz CT molecular complexity index is 591. The molecule has 1 amide bonds. The summed E-state index contributed by atoms with van der Waals surface area (Å²) in [4.78, 5) is 26.4. The lowest BCUT2D eigenvalue weighted by Gasteiger charge is -2.09. The van der Waals surface area contributed by atoms with Gasteiger partial charge in [0.2, 0.25) is 5.91 Å². The zero-order chi connectivity index (χ0) is 13.1. The molecule has 18 heavy (non-hydrogen) atoms. The predicted octanol–water partition coefficient (Wildman–Crippen LogP) is 0.626. The smallest absolute Gasteiger partial charge is 0.325 e. The van der Waals surface area contributed by atoms with E-state index in [1.54, 1.807) is 10.9 Å². The van der Waals surface area contributed by atoms with Crippen molar-refractivity contribution in [3.05, 3.63) is 30.6 Å². The van der Waals surface area contributed by atoms with Gasteiger partial charge in [-0.3, -0.25) is 9.59 Å². The maximum Gasteiger partial charge on any atom is 0.325 e. The van der Waals surface area contributed by atoms with E-state index in [-0.39, 0.29) is 12.5 Å². The molecule has 1 aromatic carbocycles. The van der Waals surface area contributed by atoms with Crippen molar-refractivity contribution in [2.45, 2.75) is 19.5 Å². The molecule has 0 aliphatic rings. The number of imidazole rings is 1. The third kappa shape index (κ3) is 2.48. The number of carboxylic acid groups (broad SMARTS) is 1. The van der Waals surface area contributed by atoms with Crippen molar-refractivity contribution < 1.29 is 14.7 Å². The summed E-state index contributed by atoms with van der Waals surface area (Å²) in [6.07, 6.45) is 1.57. The van der Waals surface area contributed by atoms with E-state index in [1.165, 1.54) is 6.92 Å². The number of aliphatic carboxylic acids is 1. The molecule has 1 atom stereocenters. The van der Waals surface area contributed by atoms with Crippen molar-refractivity contribution >= 4 is 22.9 Å². The number of hydrogen-bond donors (Lipinski definition) is 2. The van der Waals surface area contributed by atoms with Gasteiger partial charge in [-0.15, -0.1) is 0 Å².